The Morgan fingerprint density at radius 3 is 2.62 bits per heavy atom. The minimum atomic E-state index is -4.33. The topological polar surface area (TPSA) is 24.9 Å². The number of benzene rings is 1. The molecule has 5 heteroatoms. The Labute approximate surface area is 122 Å². The van der Waals surface area contributed by atoms with Crippen molar-refractivity contribution in [1.29, 1.82) is 0 Å². The van der Waals surface area contributed by atoms with Crippen molar-refractivity contribution < 1.29 is 13.2 Å². The van der Waals surface area contributed by atoms with E-state index in [4.69, 9.17) is 0 Å². The Kier molecular flexibility index (Phi) is 4.63. The van der Waals surface area contributed by atoms with Gasteiger partial charge in [0.05, 0.1) is 11.6 Å². The van der Waals surface area contributed by atoms with E-state index < -0.39 is 11.7 Å². The van der Waals surface area contributed by atoms with Crippen molar-refractivity contribution in [3.8, 4) is 0 Å². The number of hydrogen-bond donors (Lipinski definition) is 1. The van der Waals surface area contributed by atoms with Crippen LogP contribution in [0, 0.1) is 6.92 Å². The van der Waals surface area contributed by atoms with E-state index in [9.17, 15) is 13.2 Å². The smallest absolute Gasteiger partial charge is 0.307 e. The Morgan fingerprint density at radius 2 is 2.00 bits per heavy atom. The van der Waals surface area contributed by atoms with Gasteiger partial charge < -0.3 is 5.32 Å². The molecule has 0 bridgehead atoms. The van der Waals surface area contributed by atoms with Crippen LogP contribution in [0.3, 0.4) is 0 Å². The monoisotopic (exact) mass is 294 g/mol. The van der Waals surface area contributed by atoms with Gasteiger partial charge in [0.15, 0.2) is 0 Å². The van der Waals surface area contributed by atoms with Crippen LogP contribution in [0.1, 0.15) is 35.2 Å². The van der Waals surface area contributed by atoms with Crippen LogP contribution in [-0.4, -0.2) is 11.5 Å². The molecule has 2 rings (SSSR count). The molecular formula is C16H17F3N2. The largest absolute Gasteiger partial charge is 0.416 e. The predicted octanol–water partition coefficient (Wildman–Crippen LogP) is 4.11. The van der Waals surface area contributed by atoms with Crippen LogP contribution in [-0.2, 0) is 6.18 Å². The highest BCUT2D eigenvalue weighted by Crippen LogP contribution is 2.32. The molecule has 1 aromatic heterocycles. The number of nitrogens with one attached hydrogen (secondary N) is 1. The van der Waals surface area contributed by atoms with E-state index in [0.717, 1.165) is 17.2 Å². The third-order valence-electron chi connectivity index (χ3n) is 3.33. The molecule has 1 unspecified atom stereocenters. The average molecular weight is 294 g/mol. The first kappa shape index (κ1) is 15.5. The van der Waals surface area contributed by atoms with Gasteiger partial charge in [-0.15, -0.1) is 0 Å². The second-order valence-corrected chi connectivity index (χ2v) is 4.85. The summed E-state index contributed by atoms with van der Waals surface area (Å²) in [6.07, 6.45) is -0.965. The van der Waals surface area contributed by atoms with Crippen molar-refractivity contribution in [1.82, 2.24) is 10.3 Å². The Balaban J connectivity index is 2.46. The highest BCUT2D eigenvalue weighted by Gasteiger charge is 2.31. The zero-order valence-corrected chi connectivity index (χ0v) is 11.9. The van der Waals surface area contributed by atoms with E-state index in [1.807, 2.05) is 19.9 Å². The lowest BCUT2D eigenvalue weighted by Crippen LogP contribution is -2.23. The molecule has 0 radical (unpaired) electrons. The van der Waals surface area contributed by atoms with Gasteiger partial charge in [0.25, 0.3) is 0 Å². The average Bonchev–Trinajstić information content (AvgIpc) is 2.45. The summed E-state index contributed by atoms with van der Waals surface area (Å²) in [6, 6.07) is 7.00. The standard InChI is InChI=1S/C16H17F3N2/c1-3-21-15(14-7-8-20-10-11(14)2)12-5-4-6-13(9-12)16(17,18)19/h4-10,15,21H,3H2,1-2H3. The normalized spacial score (nSPS) is 13.2. The van der Waals surface area contributed by atoms with Crippen LogP contribution in [0.15, 0.2) is 42.7 Å². The number of halogens is 3. The van der Waals surface area contributed by atoms with Gasteiger partial charge in [0.2, 0.25) is 0 Å². The van der Waals surface area contributed by atoms with Gasteiger partial charge in [-0.25, -0.2) is 0 Å². The van der Waals surface area contributed by atoms with Gasteiger partial charge in [-0.2, -0.15) is 13.2 Å². The molecule has 0 aliphatic rings. The summed E-state index contributed by atoms with van der Waals surface area (Å²) < 4.78 is 38.6. The maximum Gasteiger partial charge on any atom is 0.416 e. The second-order valence-electron chi connectivity index (χ2n) is 4.85. The van der Waals surface area contributed by atoms with Crippen LogP contribution in [0.2, 0.25) is 0 Å². The van der Waals surface area contributed by atoms with E-state index in [1.54, 1.807) is 18.5 Å². The van der Waals surface area contributed by atoms with Crippen molar-refractivity contribution in [2.24, 2.45) is 0 Å². The minimum Gasteiger partial charge on any atom is -0.307 e. The molecule has 1 heterocycles. The first-order valence-electron chi connectivity index (χ1n) is 6.74. The summed E-state index contributed by atoms with van der Waals surface area (Å²) in [6.45, 7) is 4.49. The summed E-state index contributed by atoms with van der Waals surface area (Å²) >= 11 is 0. The molecule has 1 N–H and O–H groups in total. The van der Waals surface area contributed by atoms with Crippen molar-refractivity contribution in [2.45, 2.75) is 26.1 Å². The minimum absolute atomic E-state index is 0.278. The lowest BCUT2D eigenvalue weighted by Gasteiger charge is -2.21. The molecule has 0 fully saturated rings. The predicted molar refractivity (Wildman–Crippen MR) is 75.9 cm³/mol. The van der Waals surface area contributed by atoms with Gasteiger partial charge in [0, 0.05) is 12.4 Å². The molecule has 0 saturated heterocycles. The number of hydrogen-bond acceptors (Lipinski definition) is 2. The quantitative estimate of drug-likeness (QED) is 0.918. The molecule has 112 valence electrons. The first-order valence-corrected chi connectivity index (χ1v) is 6.74. The van der Waals surface area contributed by atoms with Crippen molar-refractivity contribution in [3.63, 3.8) is 0 Å². The summed E-state index contributed by atoms with van der Waals surface area (Å²) in [5.74, 6) is 0. The molecule has 0 amide bonds. The molecule has 0 aliphatic carbocycles. The lowest BCUT2D eigenvalue weighted by atomic mass is 9.95. The maximum absolute atomic E-state index is 12.9. The molecule has 1 aromatic carbocycles. The second kappa shape index (κ2) is 6.26. The molecule has 2 aromatic rings. The fourth-order valence-corrected chi connectivity index (χ4v) is 2.31. The Morgan fingerprint density at radius 1 is 1.24 bits per heavy atom. The van der Waals surface area contributed by atoms with Crippen molar-refractivity contribution in [3.05, 3.63) is 65.0 Å². The fourth-order valence-electron chi connectivity index (χ4n) is 2.31. The third-order valence-corrected chi connectivity index (χ3v) is 3.33. The van der Waals surface area contributed by atoms with Gasteiger partial charge in [-0.1, -0.05) is 19.1 Å². The number of alkyl halides is 3. The fraction of sp³-hybridized carbons (Fsp3) is 0.312. The van der Waals surface area contributed by atoms with Crippen molar-refractivity contribution in [2.75, 3.05) is 6.54 Å². The van der Waals surface area contributed by atoms with Crippen LogP contribution in [0.4, 0.5) is 13.2 Å². The first-order chi connectivity index (χ1) is 9.93. The number of aryl methyl sites for hydroxylation is 1. The molecule has 21 heavy (non-hydrogen) atoms. The molecule has 1 atom stereocenters. The Bertz CT molecular complexity index is 608. The Hall–Kier alpha value is -1.88. The molecule has 0 saturated carbocycles. The van der Waals surface area contributed by atoms with E-state index >= 15 is 0 Å². The maximum atomic E-state index is 12.9. The highest BCUT2D eigenvalue weighted by molar-refractivity contribution is 5.37. The van der Waals surface area contributed by atoms with Gasteiger partial charge in [-0.05, 0) is 48.4 Å². The van der Waals surface area contributed by atoms with E-state index in [-0.39, 0.29) is 6.04 Å². The number of rotatable bonds is 4. The molecule has 0 spiro atoms. The zero-order valence-electron chi connectivity index (χ0n) is 11.9. The summed E-state index contributed by atoms with van der Waals surface area (Å²) in [4.78, 5) is 4.03. The van der Waals surface area contributed by atoms with Gasteiger partial charge in [-0.3, -0.25) is 4.98 Å². The van der Waals surface area contributed by atoms with E-state index in [1.165, 1.54) is 12.1 Å². The summed E-state index contributed by atoms with van der Waals surface area (Å²) in [5.41, 5.74) is 1.85. The van der Waals surface area contributed by atoms with E-state index in [2.05, 4.69) is 10.3 Å². The molecule has 0 aliphatic heterocycles. The summed E-state index contributed by atoms with van der Waals surface area (Å²) in [5, 5.41) is 3.24. The van der Waals surface area contributed by atoms with Crippen LogP contribution in [0.5, 0.6) is 0 Å². The van der Waals surface area contributed by atoms with Gasteiger partial charge >= 0.3 is 6.18 Å². The summed E-state index contributed by atoms with van der Waals surface area (Å²) in [7, 11) is 0. The third kappa shape index (κ3) is 3.61. The van der Waals surface area contributed by atoms with Gasteiger partial charge in [0.1, 0.15) is 0 Å². The number of nitrogens with zero attached hydrogens (tertiary/aromatic N) is 1. The number of aromatic nitrogens is 1. The number of pyridine rings is 1. The molecular weight excluding hydrogens is 277 g/mol. The van der Waals surface area contributed by atoms with Crippen molar-refractivity contribution >= 4 is 0 Å². The van der Waals surface area contributed by atoms with Crippen LogP contribution < -0.4 is 5.32 Å². The van der Waals surface area contributed by atoms with Crippen LogP contribution in [0.25, 0.3) is 0 Å². The van der Waals surface area contributed by atoms with E-state index in [0.29, 0.717) is 12.1 Å². The zero-order chi connectivity index (χ0) is 15.5. The SMILES string of the molecule is CCNC(c1cccc(C(F)(F)F)c1)c1ccncc1C. The molecule has 2 nitrogen and oxygen atoms in total. The lowest BCUT2D eigenvalue weighted by molar-refractivity contribution is -0.137. The highest BCUT2D eigenvalue weighted by atomic mass is 19.4. The van der Waals surface area contributed by atoms with Crippen LogP contribution >= 0.6 is 0 Å².